The lowest BCUT2D eigenvalue weighted by molar-refractivity contribution is -0.307. The van der Waals surface area contributed by atoms with Crippen LogP contribution in [0.3, 0.4) is 0 Å². The summed E-state index contributed by atoms with van der Waals surface area (Å²) in [6.07, 6.45) is 1.30. The number of carboxylic acids is 1. The number of benzene rings is 2. The number of ether oxygens (including phenoxy) is 2. The van der Waals surface area contributed by atoms with Crippen molar-refractivity contribution in [1.82, 2.24) is 5.32 Å². The van der Waals surface area contributed by atoms with E-state index in [0.717, 1.165) is 10.5 Å². The maximum atomic E-state index is 12.9. The van der Waals surface area contributed by atoms with E-state index in [9.17, 15) is 24.3 Å². The monoisotopic (exact) mass is 409 g/mol. The molecule has 9 nitrogen and oxygen atoms in total. The van der Waals surface area contributed by atoms with E-state index in [0.29, 0.717) is 11.3 Å². The number of hydrogen-bond acceptors (Lipinski definition) is 7. The molecule has 1 fully saturated rings. The van der Waals surface area contributed by atoms with Gasteiger partial charge in [-0.25, -0.2) is 9.69 Å². The Labute approximate surface area is 171 Å². The lowest BCUT2D eigenvalue weighted by Crippen LogP contribution is -2.54. The molecule has 0 spiro atoms. The number of carboxylic acid groups (broad SMARTS) is 1. The first-order chi connectivity index (χ1) is 14.3. The highest BCUT2D eigenvalue weighted by Gasteiger charge is 2.36. The topological polar surface area (TPSA) is 125 Å². The third-order valence-electron chi connectivity index (χ3n) is 4.21. The molecule has 4 amide bonds. The fourth-order valence-electron chi connectivity index (χ4n) is 2.86. The summed E-state index contributed by atoms with van der Waals surface area (Å²) >= 11 is 0. The Morgan fingerprint density at radius 2 is 1.90 bits per heavy atom. The molecule has 3 rings (SSSR count). The van der Waals surface area contributed by atoms with Crippen LogP contribution in [0.4, 0.5) is 10.5 Å². The number of carbonyl (C=O) groups is 4. The molecule has 2 aromatic carbocycles. The molecule has 1 aliphatic rings. The molecule has 1 N–H and O–H groups in total. The smallest absolute Gasteiger partial charge is 0.335 e. The number of barbiturate groups is 1. The fraction of sp³-hybridized carbons (Fsp3) is 0.143. The van der Waals surface area contributed by atoms with E-state index in [-0.39, 0.29) is 17.1 Å². The minimum absolute atomic E-state index is 0.153. The van der Waals surface area contributed by atoms with Gasteiger partial charge in [-0.2, -0.15) is 0 Å². The van der Waals surface area contributed by atoms with Crippen molar-refractivity contribution in [2.75, 3.05) is 18.6 Å². The van der Waals surface area contributed by atoms with Crippen molar-refractivity contribution >= 4 is 35.6 Å². The van der Waals surface area contributed by atoms with E-state index < -0.39 is 30.4 Å². The summed E-state index contributed by atoms with van der Waals surface area (Å²) in [7, 11) is 1.36. The number of amides is 4. The van der Waals surface area contributed by atoms with Crippen LogP contribution in [0.15, 0.2) is 48.0 Å². The normalized spacial score (nSPS) is 15.2. The van der Waals surface area contributed by atoms with Gasteiger partial charge in [0.15, 0.2) is 11.5 Å². The number of rotatable bonds is 6. The van der Waals surface area contributed by atoms with Crippen LogP contribution >= 0.6 is 0 Å². The molecule has 0 saturated carbocycles. The van der Waals surface area contributed by atoms with Crippen molar-refractivity contribution in [3.8, 4) is 11.5 Å². The van der Waals surface area contributed by atoms with Crippen LogP contribution in [0.1, 0.15) is 11.1 Å². The molecule has 30 heavy (non-hydrogen) atoms. The lowest BCUT2D eigenvalue weighted by atomic mass is 10.1. The van der Waals surface area contributed by atoms with Crippen molar-refractivity contribution in [1.29, 1.82) is 0 Å². The summed E-state index contributed by atoms with van der Waals surface area (Å²) in [6.45, 7) is 1.15. The van der Waals surface area contributed by atoms with E-state index in [4.69, 9.17) is 9.47 Å². The van der Waals surface area contributed by atoms with Crippen LogP contribution < -0.4 is 24.8 Å². The second kappa shape index (κ2) is 8.48. The predicted octanol–water partition coefficient (Wildman–Crippen LogP) is 0.799. The van der Waals surface area contributed by atoms with Gasteiger partial charge in [0.25, 0.3) is 11.8 Å². The maximum absolute atomic E-state index is 12.9. The number of nitrogens with one attached hydrogen (secondary N) is 1. The third kappa shape index (κ3) is 4.30. The summed E-state index contributed by atoms with van der Waals surface area (Å²) in [6, 6.07) is 10.3. The lowest BCUT2D eigenvalue weighted by Gasteiger charge is -2.26. The number of imide groups is 2. The predicted molar refractivity (Wildman–Crippen MR) is 104 cm³/mol. The zero-order valence-corrected chi connectivity index (χ0v) is 16.1. The molecule has 0 unspecified atom stereocenters. The Hall–Kier alpha value is -4.14. The van der Waals surface area contributed by atoms with E-state index in [2.05, 4.69) is 5.32 Å². The van der Waals surface area contributed by atoms with E-state index in [1.807, 2.05) is 13.0 Å². The molecule has 1 heterocycles. The first kappa shape index (κ1) is 20.6. The van der Waals surface area contributed by atoms with E-state index in [1.54, 1.807) is 18.2 Å². The molecule has 0 bridgehead atoms. The van der Waals surface area contributed by atoms with Gasteiger partial charge in [-0.15, -0.1) is 0 Å². The molecule has 1 saturated heterocycles. The average Bonchev–Trinajstić information content (AvgIpc) is 2.69. The standard InChI is InChI=1S/C21H18N2O7/c1-12-4-3-5-14(8-12)23-20(27)15(19(26)22-21(23)28)9-13-6-7-16(17(10-13)29-2)30-11-18(24)25/h3-10H,11H2,1-2H3,(H,24,25)(H,22,26,28)/p-1/b15-9-. The quantitative estimate of drug-likeness (QED) is 0.552. The maximum Gasteiger partial charge on any atom is 0.335 e. The molecule has 9 heteroatoms. The molecular formula is C21H17N2O7-. The molecule has 2 aromatic rings. The molecule has 0 aromatic heterocycles. The van der Waals surface area contributed by atoms with Gasteiger partial charge >= 0.3 is 6.03 Å². The zero-order chi connectivity index (χ0) is 21.8. The van der Waals surface area contributed by atoms with Crippen molar-refractivity contribution in [3.63, 3.8) is 0 Å². The van der Waals surface area contributed by atoms with Crippen molar-refractivity contribution in [2.45, 2.75) is 6.92 Å². The highest BCUT2D eigenvalue weighted by molar-refractivity contribution is 6.39. The molecule has 0 radical (unpaired) electrons. The highest BCUT2D eigenvalue weighted by atomic mass is 16.5. The fourth-order valence-corrected chi connectivity index (χ4v) is 2.86. The molecule has 1 aliphatic heterocycles. The Balaban J connectivity index is 1.95. The third-order valence-corrected chi connectivity index (χ3v) is 4.21. The van der Waals surface area contributed by atoms with Gasteiger partial charge in [0, 0.05) is 0 Å². The number of nitrogens with zero attached hydrogens (tertiary/aromatic N) is 1. The Bertz CT molecular complexity index is 1070. The summed E-state index contributed by atoms with van der Waals surface area (Å²) in [5.74, 6) is -2.65. The highest BCUT2D eigenvalue weighted by Crippen LogP contribution is 2.30. The van der Waals surface area contributed by atoms with Crippen molar-refractivity contribution < 1.29 is 33.8 Å². The summed E-state index contributed by atoms with van der Waals surface area (Å²) in [4.78, 5) is 48.9. The van der Waals surface area contributed by atoms with E-state index >= 15 is 0 Å². The average molecular weight is 409 g/mol. The van der Waals surface area contributed by atoms with Gasteiger partial charge in [-0.05, 0) is 48.4 Å². The van der Waals surface area contributed by atoms with Gasteiger partial charge in [0.2, 0.25) is 0 Å². The molecule has 0 aliphatic carbocycles. The first-order valence-corrected chi connectivity index (χ1v) is 8.79. The largest absolute Gasteiger partial charge is 0.546 e. The van der Waals surface area contributed by atoms with Crippen LogP contribution in [-0.2, 0) is 14.4 Å². The van der Waals surface area contributed by atoms with E-state index in [1.165, 1.54) is 31.4 Å². The summed E-state index contributed by atoms with van der Waals surface area (Å²) < 4.78 is 10.2. The van der Waals surface area contributed by atoms with Crippen LogP contribution in [0.2, 0.25) is 0 Å². The van der Waals surface area contributed by atoms with Gasteiger partial charge in [0.1, 0.15) is 12.2 Å². The van der Waals surface area contributed by atoms with Crippen LogP contribution in [0, 0.1) is 6.92 Å². The molecular weight excluding hydrogens is 392 g/mol. The summed E-state index contributed by atoms with van der Waals surface area (Å²) in [5, 5.41) is 12.7. The Kier molecular flexibility index (Phi) is 5.82. The number of aliphatic carboxylic acids is 1. The van der Waals surface area contributed by atoms with Crippen molar-refractivity contribution in [3.05, 3.63) is 59.2 Å². The number of hydrogen-bond donors (Lipinski definition) is 1. The van der Waals surface area contributed by atoms with Gasteiger partial charge in [-0.1, -0.05) is 18.2 Å². The molecule has 154 valence electrons. The second-order valence-corrected chi connectivity index (χ2v) is 6.37. The first-order valence-electron chi connectivity index (χ1n) is 8.79. The Morgan fingerprint density at radius 3 is 2.57 bits per heavy atom. The van der Waals surface area contributed by atoms with Crippen LogP contribution in [0.25, 0.3) is 6.08 Å². The van der Waals surface area contributed by atoms with Gasteiger partial charge in [0.05, 0.1) is 18.8 Å². The second-order valence-electron chi connectivity index (χ2n) is 6.37. The Morgan fingerprint density at radius 1 is 1.13 bits per heavy atom. The van der Waals surface area contributed by atoms with Gasteiger partial charge in [-0.3, -0.25) is 14.9 Å². The number of methoxy groups -OCH3 is 1. The number of aryl methyl sites for hydroxylation is 1. The van der Waals surface area contributed by atoms with Crippen LogP contribution in [-0.4, -0.2) is 37.5 Å². The number of anilines is 1. The number of urea groups is 1. The minimum atomic E-state index is -1.39. The SMILES string of the molecule is COc1cc(/C=C2/C(=O)NC(=O)N(c3cccc(C)c3)C2=O)ccc1OCC(=O)[O-]. The number of carbonyl (C=O) groups excluding carboxylic acids is 4. The summed E-state index contributed by atoms with van der Waals surface area (Å²) in [5.41, 5.74) is 1.33. The zero-order valence-electron chi connectivity index (χ0n) is 16.1. The molecule has 0 atom stereocenters. The minimum Gasteiger partial charge on any atom is -0.546 e. The van der Waals surface area contributed by atoms with Crippen molar-refractivity contribution in [2.24, 2.45) is 0 Å². The van der Waals surface area contributed by atoms with Crippen LogP contribution in [0.5, 0.6) is 11.5 Å². The van der Waals surface area contributed by atoms with Gasteiger partial charge < -0.3 is 19.4 Å².